The molecule has 1 aliphatic carbocycles. The first kappa shape index (κ1) is 15.5. The maximum Gasteiger partial charge on any atom is 0.257 e. The number of carbonyl (C=O) groups excluding carboxylic acids is 1. The van der Waals surface area contributed by atoms with Crippen molar-refractivity contribution in [1.29, 1.82) is 5.26 Å². The molecule has 0 spiro atoms. The lowest BCUT2D eigenvalue weighted by Crippen LogP contribution is -2.23. The van der Waals surface area contributed by atoms with Gasteiger partial charge in [-0.05, 0) is 37.5 Å². The summed E-state index contributed by atoms with van der Waals surface area (Å²) in [6.07, 6.45) is 3.22. The Morgan fingerprint density at radius 2 is 2.22 bits per heavy atom. The average Bonchev–Trinajstić information content (AvgIpc) is 2.90. The molecule has 1 aromatic heterocycles. The first-order valence-corrected chi connectivity index (χ1v) is 8.26. The lowest BCUT2D eigenvalue weighted by molar-refractivity contribution is 0.102. The lowest BCUT2D eigenvalue weighted by Gasteiger charge is -2.27. The van der Waals surface area contributed by atoms with Gasteiger partial charge >= 0.3 is 0 Å². The van der Waals surface area contributed by atoms with E-state index in [2.05, 4.69) is 24.1 Å². The van der Waals surface area contributed by atoms with Crippen molar-refractivity contribution in [2.75, 3.05) is 5.32 Å². The molecule has 0 aliphatic heterocycles. The van der Waals surface area contributed by atoms with E-state index in [1.807, 2.05) is 6.07 Å². The van der Waals surface area contributed by atoms with Crippen molar-refractivity contribution in [3.05, 3.63) is 39.9 Å². The van der Waals surface area contributed by atoms with E-state index >= 15 is 0 Å². The molecular weight excluding hydrogens is 310 g/mol. The Bertz CT molecular complexity index is 818. The molecule has 1 aromatic carbocycles. The van der Waals surface area contributed by atoms with Crippen molar-refractivity contribution < 1.29 is 9.90 Å². The highest BCUT2D eigenvalue weighted by Crippen LogP contribution is 2.40. The molecule has 0 saturated carbocycles. The fraction of sp³-hybridized carbons (Fsp3) is 0.353. The number of aryl methyl sites for hydroxylation is 1. The Kier molecular flexibility index (Phi) is 3.82. The third-order valence-corrected chi connectivity index (χ3v) is 5.10. The van der Waals surface area contributed by atoms with Crippen molar-refractivity contribution in [1.82, 2.24) is 4.98 Å². The molecule has 2 aromatic rings. The molecule has 0 radical (unpaired) electrons. The van der Waals surface area contributed by atoms with E-state index in [9.17, 15) is 9.90 Å². The molecule has 6 heteroatoms. The van der Waals surface area contributed by atoms with Crippen LogP contribution in [-0.4, -0.2) is 16.0 Å². The molecule has 0 unspecified atom stereocenters. The molecule has 118 valence electrons. The number of amides is 1. The quantitative estimate of drug-likeness (QED) is 0.882. The van der Waals surface area contributed by atoms with Gasteiger partial charge in [0.15, 0.2) is 5.13 Å². The molecule has 0 bridgehead atoms. The van der Waals surface area contributed by atoms with E-state index in [-0.39, 0.29) is 28.2 Å². The van der Waals surface area contributed by atoms with E-state index in [0.717, 1.165) is 25.0 Å². The number of hydrogen-bond acceptors (Lipinski definition) is 5. The molecule has 1 amide bonds. The summed E-state index contributed by atoms with van der Waals surface area (Å²) in [7, 11) is 0. The summed E-state index contributed by atoms with van der Waals surface area (Å²) in [4.78, 5) is 18.2. The van der Waals surface area contributed by atoms with Gasteiger partial charge in [-0.25, -0.2) is 4.98 Å². The number of aromatic nitrogens is 1. The topological polar surface area (TPSA) is 86.0 Å². The Labute approximate surface area is 138 Å². The van der Waals surface area contributed by atoms with E-state index in [4.69, 9.17) is 5.26 Å². The number of nitriles is 1. The van der Waals surface area contributed by atoms with Crippen molar-refractivity contribution in [3.63, 3.8) is 0 Å². The minimum absolute atomic E-state index is 0.0338. The lowest BCUT2D eigenvalue weighted by atomic mass is 9.79. The number of benzene rings is 1. The monoisotopic (exact) mass is 327 g/mol. The van der Waals surface area contributed by atoms with Gasteiger partial charge in [0.1, 0.15) is 5.75 Å². The molecule has 1 heterocycles. The van der Waals surface area contributed by atoms with Crippen LogP contribution >= 0.6 is 11.3 Å². The van der Waals surface area contributed by atoms with Crippen LogP contribution in [0.3, 0.4) is 0 Å². The zero-order valence-electron chi connectivity index (χ0n) is 13.0. The van der Waals surface area contributed by atoms with Crippen LogP contribution in [0.25, 0.3) is 0 Å². The predicted octanol–water partition coefficient (Wildman–Crippen LogP) is 3.59. The molecule has 2 N–H and O–H groups in total. The number of fused-ring (bicyclic) bond motifs is 1. The first-order valence-electron chi connectivity index (χ1n) is 7.45. The van der Waals surface area contributed by atoms with Crippen molar-refractivity contribution in [3.8, 4) is 11.8 Å². The maximum atomic E-state index is 12.3. The smallest absolute Gasteiger partial charge is 0.257 e. The van der Waals surface area contributed by atoms with Gasteiger partial charge in [0, 0.05) is 15.9 Å². The van der Waals surface area contributed by atoms with E-state index < -0.39 is 0 Å². The van der Waals surface area contributed by atoms with Crippen LogP contribution in [0.5, 0.6) is 5.75 Å². The summed E-state index contributed by atoms with van der Waals surface area (Å²) in [6.45, 7) is 4.34. The molecule has 23 heavy (non-hydrogen) atoms. The highest BCUT2D eigenvalue weighted by atomic mass is 32.1. The van der Waals surface area contributed by atoms with Crippen molar-refractivity contribution in [2.45, 2.75) is 38.5 Å². The third kappa shape index (κ3) is 3.06. The van der Waals surface area contributed by atoms with E-state index in [1.165, 1.54) is 34.4 Å². The summed E-state index contributed by atoms with van der Waals surface area (Å²) in [6, 6.07) is 6.04. The van der Waals surface area contributed by atoms with Gasteiger partial charge in [0.05, 0.1) is 17.3 Å². The molecule has 5 nitrogen and oxygen atoms in total. The van der Waals surface area contributed by atoms with Crippen molar-refractivity contribution in [2.24, 2.45) is 0 Å². The number of thiazole rings is 1. The molecule has 0 atom stereocenters. The number of rotatable bonds is 2. The number of hydrogen-bond donors (Lipinski definition) is 2. The fourth-order valence-corrected chi connectivity index (χ4v) is 4.07. The normalized spacial score (nSPS) is 15.5. The summed E-state index contributed by atoms with van der Waals surface area (Å²) < 4.78 is 0. The van der Waals surface area contributed by atoms with E-state index in [0.29, 0.717) is 5.13 Å². The first-order chi connectivity index (χ1) is 10.9. The summed E-state index contributed by atoms with van der Waals surface area (Å²) >= 11 is 1.50. The van der Waals surface area contributed by atoms with Gasteiger partial charge in [-0.2, -0.15) is 5.26 Å². The SMILES string of the molecule is CC1(C)CCCc2sc(NC(=O)c3cc(O)cc(C#N)c3)nc21. The van der Waals surface area contributed by atoms with Crippen LogP contribution in [0.4, 0.5) is 5.13 Å². The predicted molar refractivity (Wildman–Crippen MR) is 88.9 cm³/mol. The van der Waals surface area contributed by atoms with Gasteiger partial charge in [-0.1, -0.05) is 13.8 Å². The molecular formula is C17H17N3O2S. The molecule has 0 saturated heterocycles. The number of carbonyl (C=O) groups is 1. The average molecular weight is 327 g/mol. The Morgan fingerprint density at radius 1 is 1.43 bits per heavy atom. The number of phenols is 1. The molecule has 0 fully saturated rings. The second-order valence-corrected chi connectivity index (χ2v) is 7.45. The minimum Gasteiger partial charge on any atom is -0.508 e. The highest BCUT2D eigenvalue weighted by Gasteiger charge is 2.31. The van der Waals surface area contributed by atoms with Gasteiger partial charge in [-0.3, -0.25) is 10.1 Å². The zero-order chi connectivity index (χ0) is 16.6. The van der Waals surface area contributed by atoms with Crippen LogP contribution in [-0.2, 0) is 11.8 Å². The molecule has 3 rings (SSSR count). The number of nitrogens with zero attached hydrogens (tertiary/aromatic N) is 2. The highest BCUT2D eigenvalue weighted by molar-refractivity contribution is 7.15. The van der Waals surface area contributed by atoms with Crippen LogP contribution in [0.15, 0.2) is 18.2 Å². The summed E-state index contributed by atoms with van der Waals surface area (Å²) in [5.41, 5.74) is 1.59. The number of anilines is 1. The van der Waals surface area contributed by atoms with Gasteiger partial charge in [-0.15, -0.1) is 11.3 Å². The van der Waals surface area contributed by atoms with Crippen LogP contribution in [0, 0.1) is 11.3 Å². The van der Waals surface area contributed by atoms with E-state index in [1.54, 1.807) is 0 Å². The summed E-state index contributed by atoms with van der Waals surface area (Å²) in [5.74, 6) is -0.477. The number of phenolic OH excluding ortho intramolecular Hbond substituents is 1. The maximum absolute atomic E-state index is 12.3. The van der Waals surface area contributed by atoms with Gasteiger partial charge < -0.3 is 5.11 Å². The Hall–Kier alpha value is -2.39. The van der Waals surface area contributed by atoms with Crippen molar-refractivity contribution >= 4 is 22.4 Å². The summed E-state index contributed by atoms with van der Waals surface area (Å²) in [5, 5.41) is 21.9. The third-order valence-electron chi connectivity index (χ3n) is 4.07. The van der Waals surface area contributed by atoms with Crippen LogP contribution in [0.1, 0.15) is 53.2 Å². The van der Waals surface area contributed by atoms with Crippen LogP contribution in [0.2, 0.25) is 0 Å². The molecule has 1 aliphatic rings. The van der Waals surface area contributed by atoms with Gasteiger partial charge in [0.2, 0.25) is 0 Å². The van der Waals surface area contributed by atoms with Gasteiger partial charge in [0.25, 0.3) is 5.91 Å². The van der Waals surface area contributed by atoms with Crippen LogP contribution < -0.4 is 5.32 Å². The fourth-order valence-electron chi connectivity index (χ4n) is 2.89. The second-order valence-electron chi connectivity index (χ2n) is 6.36. The number of nitrogens with one attached hydrogen (secondary N) is 1. The standard InChI is InChI=1S/C17H17N3O2S/c1-17(2)5-3-4-13-14(17)19-16(23-13)20-15(22)11-6-10(9-18)7-12(21)8-11/h6-8,21H,3-5H2,1-2H3,(H,19,20,22). The zero-order valence-corrected chi connectivity index (χ0v) is 13.8. The minimum atomic E-state index is -0.374. The largest absolute Gasteiger partial charge is 0.508 e. The second kappa shape index (κ2) is 5.67. The Balaban J connectivity index is 1.86. The Morgan fingerprint density at radius 3 is 2.91 bits per heavy atom. The number of aromatic hydroxyl groups is 1.